The maximum atomic E-state index is 13.8. The molecular formula is C12H6BrF2N3O. The zero-order valence-corrected chi connectivity index (χ0v) is 10.9. The van der Waals surface area contributed by atoms with Crippen molar-refractivity contribution < 1.29 is 8.78 Å². The first-order valence-corrected chi connectivity index (χ1v) is 6.08. The average molecular weight is 326 g/mol. The molecule has 3 rings (SSSR count). The van der Waals surface area contributed by atoms with Crippen molar-refractivity contribution in [1.29, 1.82) is 0 Å². The molecule has 0 saturated carbocycles. The summed E-state index contributed by atoms with van der Waals surface area (Å²) >= 11 is 3.23. The second-order valence-electron chi connectivity index (χ2n) is 3.85. The summed E-state index contributed by atoms with van der Waals surface area (Å²) in [6.07, 6.45) is 2.67. The number of rotatable bonds is 1. The van der Waals surface area contributed by atoms with Crippen LogP contribution in [0.15, 0.2) is 39.9 Å². The molecular weight excluding hydrogens is 320 g/mol. The number of pyridine rings is 1. The molecule has 3 aromatic rings. The first-order valence-electron chi connectivity index (χ1n) is 5.29. The number of para-hydroxylation sites is 1. The normalized spacial score (nSPS) is 11.1. The molecule has 2 aromatic heterocycles. The van der Waals surface area contributed by atoms with Gasteiger partial charge in [-0.2, -0.15) is 5.10 Å². The van der Waals surface area contributed by atoms with Crippen molar-refractivity contribution in [2.75, 3.05) is 0 Å². The number of aromatic amines is 1. The molecule has 0 aliphatic carbocycles. The number of halogens is 3. The van der Waals surface area contributed by atoms with Crippen LogP contribution < -0.4 is 5.56 Å². The van der Waals surface area contributed by atoms with Gasteiger partial charge in [-0.1, -0.05) is 6.07 Å². The fourth-order valence-electron chi connectivity index (χ4n) is 1.88. The lowest BCUT2D eigenvalue weighted by atomic mass is 10.2. The maximum Gasteiger partial charge on any atom is 0.259 e. The molecule has 0 radical (unpaired) electrons. The summed E-state index contributed by atoms with van der Waals surface area (Å²) in [6, 6.07) is 3.53. The topological polar surface area (TPSA) is 50.7 Å². The molecule has 0 fully saturated rings. The molecule has 1 N–H and O–H groups in total. The summed E-state index contributed by atoms with van der Waals surface area (Å²) in [5.74, 6) is -1.51. The van der Waals surface area contributed by atoms with E-state index in [2.05, 4.69) is 26.0 Å². The lowest BCUT2D eigenvalue weighted by Gasteiger charge is -2.07. The van der Waals surface area contributed by atoms with E-state index in [9.17, 15) is 13.6 Å². The molecule has 0 amide bonds. The minimum absolute atomic E-state index is 0.247. The van der Waals surface area contributed by atoms with Gasteiger partial charge in [-0.05, 0) is 28.1 Å². The number of hydrogen-bond donors (Lipinski definition) is 1. The van der Waals surface area contributed by atoms with Crippen molar-refractivity contribution in [2.45, 2.75) is 0 Å². The number of benzene rings is 1. The molecule has 96 valence electrons. The Bertz CT molecular complexity index is 820. The zero-order chi connectivity index (χ0) is 13.6. The zero-order valence-electron chi connectivity index (χ0n) is 9.32. The van der Waals surface area contributed by atoms with Gasteiger partial charge in [0.25, 0.3) is 5.56 Å². The van der Waals surface area contributed by atoms with Crippen LogP contribution in [0.3, 0.4) is 0 Å². The van der Waals surface area contributed by atoms with Crippen LogP contribution in [0, 0.1) is 11.6 Å². The summed E-state index contributed by atoms with van der Waals surface area (Å²) < 4.78 is 29.1. The van der Waals surface area contributed by atoms with Gasteiger partial charge in [0.15, 0.2) is 11.6 Å². The van der Waals surface area contributed by atoms with Gasteiger partial charge in [0, 0.05) is 6.20 Å². The van der Waals surface area contributed by atoms with Gasteiger partial charge in [-0.3, -0.25) is 4.79 Å². The molecule has 7 heteroatoms. The van der Waals surface area contributed by atoms with Gasteiger partial charge in [0.05, 0.1) is 21.6 Å². The highest BCUT2D eigenvalue weighted by Crippen LogP contribution is 2.25. The average Bonchev–Trinajstić information content (AvgIpc) is 2.80. The van der Waals surface area contributed by atoms with E-state index in [-0.39, 0.29) is 16.6 Å². The predicted octanol–water partition coefficient (Wildman–Crippen LogP) is 2.75. The highest BCUT2D eigenvalue weighted by Gasteiger charge is 2.17. The highest BCUT2D eigenvalue weighted by atomic mass is 79.9. The van der Waals surface area contributed by atoms with E-state index in [1.807, 2.05) is 0 Å². The Labute approximate surface area is 113 Å². The number of hydrogen-bond acceptors (Lipinski definition) is 2. The molecule has 2 heterocycles. The molecule has 0 aliphatic rings. The van der Waals surface area contributed by atoms with Gasteiger partial charge < -0.3 is 4.98 Å². The number of aromatic nitrogens is 3. The number of fused-ring (bicyclic) bond motifs is 1. The van der Waals surface area contributed by atoms with Crippen molar-refractivity contribution in [1.82, 2.24) is 14.8 Å². The molecule has 0 aliphatic heterocycles. The van der Waals surface area contributed by atoms with Crippen molar-refractivity contribution in [3.63, 3.8) is 0 Å². The van der Waals surface area contributed by atoms with Gasteiger partial charge >= 0.3 is 0 Å². The van der Waals surface area contributed by atoms with Crippen molar-refractivity contribution in [3.05, 3.63) is 57.1 Å². The van der Waals surface area contributed by atoms with E-state index in [1.54, 1.807) is 0 Å². The Morgan fingerprint density at radius 2 is 1.95 bits per heavy atom. The largest absolute Gasteiger partial charge is 0.327 e. The molecule has 0 unspecified atom stereocenters. The van der Waals surface area contributed by atoms with Crippen LogP contribution in [0.25, 0.3) is 16.6 Å². The van der Waals surface area contributed by atoms with Crippen LogP contribution in [0.1, 0.15) is 0 Å². The van der Waals surface area contributed by atoms with E-state index >= 15 is 0 Å². The Kier molecular flexibility index (Phi) is 2.70. The quantitative estimate of drug-likeness (QED) is 0.748. The summed E-state index contributed by atoms with van der Waals surface area (Å²) in [4.78, 5) is 14.1. The smallest absolute Gasteiger partial charge is 0.259 e. The second kappa shape index (κ2) is 4.27. The highest BCUT2D eigenvalue weighted by molar-refractivity contribution is 9.10. The molecule has 0 spiro atoms. The lowest BCUT2D eigenvalue weighted by Crippen LogP contribution is -2.07. The SMILES string of the molecule is O=c1[nH]cc(Br)c2c1cnn2-c1c(F)cccc1F. The predicted molar refractivity (Wildman–Crippen MR) is 69.3 cm³/mol. The number of nitrogens with zero attached hydrogens (tertiary/aromatic N) is 2. The molecule has 1 aromatic carbocycles. The molecule has 4 nitrogen and oxygen atoms in total. The minimum Gasteiger partial charge on any atom is -0.327 e. The van der Waals surface area contributed by atoms with Gasteiger partial charge in [0.1, 0.15) is 5.69 Å². The standard InChI is InChI=1S/C12H6BrF2N3O/c13-7-5-16-12(19)6-4-17-18(10(6)7)11-8(14)2-1-3-9(11)15/h1-5H,(H,16,19). The fraction of sp³-hybridized carbons (Fsp3) is 0. The van der Waals surface area contributed by atoms with Crippen LogP contribution in [0.2, 0.25) is 0 Å². The van der Waals surface area contributed by atoms with E-state index in [4.69, 9.17) is 0 Å². The van der Waals surface area contributed by atoms with Gasteiger partial charge in [0.2, 0.25) is 0 Å². The van der Waals surface area contributed by atoms with Crippen LogP contribution in [0.4, 0.5) is 8.78 Å². The van der Waals surface area contributed by atoms with Crippen molar-refractivity contribution in [2.24, 2.45) is 0 Å². The molecule has 0 bridgehead atoms. The third-order valence-electron chi connectivity index (χ3n) is 2.72. The van der Waals surface area contributed by atoms with E-state index in [0.717, 1.165) is 16.8 Å². The summed E-state index contributed by atoms with van der Waals surface area (Å²) in [5.41, 5.74) is -0.377. The first-order chi connectivity index (χ1) is 9.09. The number of H-pyrrole nitrogens is 1. The minimum atomic E-state index is -0.753. The second-order valence-corrected chi connectivity index (χ2v) is 4.71. The third kappa shape index (κ3) is 1.77. The Hall–Kier alpha value is -2.02. The summed E-state index contributed by atoms with van der Waals surface area (Å²) in [5, 5.41) is 4.14. The van der Waals surface area contributed by atoms with E-state index < -0.39 is 11.6 Å². The van der Waals surface area contributed by atoms with Gasteiger partial charge in [-0.15, -0.1) is 0 Å². The van der Waals surface area contributed by atoms with Crippen LogP contribution in [0.5, 0.6) is 0 Å². The molecule has 19 heavy (non-hydrogen) atoms. The van der Waals surface area contributed by atoms with Crippen molar-refractivity contribution >= 4 is 26.8 Å². The van der Waals surface area contributed by atoms with Gasteiger partial charge in [-0.25, -0.2) is 13.5 Å². The Morgan fingerprint density at radius 1 is 1.26 bits per heavy atom. The molecule has 0 atom stereocenters. The monoisotopic (exact) mass is 325 g/mol. The summed E-state index contributed by atoms with van der Waals surface area (Å²) in [7, 11) is 0. The Morgan fingerprint density at radius 3 is 2.63 bits per heavy atom. The van der Waals surface area contributed by atoms with E-state index in [1.165, 1.54) is 18.5 Å². The summed E-state index contributed by atoms with van der Waals surface area (Å²) in [6.45, 7) is 0. The number of nitrogens with one attached hydrogen (secondary N) is 1. The lowest BCUT2D eigenvalue weighted by molar-refractivity contribution is 0.563. The van der Waals surface area contributed by atoms with Crippen LogP contribution in [-0.2, 0) is 0 Å². The van der Waals surface area contributed by atoms with Crippen LogP contribution in [-0.4, -0.2) is 14.8 Å². The molecule has 0 saturated heterocycles. The first kappa shape index (κ1) is 12.0. The van der Waals surface area contributed by atoms with Crippen molar-refractivity contribution in [3.8, 4) is 5.69 Å². The fourth-order valence-corrected chi connectivity index (χ4v) is 2.38. The third-order valence-corrected chi connectivity index (χ3v) is 3.32. The Balaban J connectivity index is 2.45. The van der Waals surface area contributed by atoms with Crippen LogP contribution >= 0.6 is 15.9 Å². The van der Waals surface area contributed by atoms with E-state index in [0.29, 0.717) is 9.99 Å². The maximum absolute atomic E-state index is 13.8.